The molecule has 7 heteroatoms. The summed E-state index contributed by atoms with van der Waals surface area (Å²) in [6.07, 6.45) is -0.0341. The zero-order chi connectivity index (χ0) is 17.9. The number of hydrogen-bond acceptors (Lipinski definition) is 4. The van der Waals surface area contributed by atoms with Gasteiger partial charge in [0.1, 0.15) is 11.3 Å². The van der Waals surface area contributed by atoms with Gasteiger partial charge in [-0.15, -0.1) is 0 Å². The van der Waals surface area contributed by atoms with E-state index in [1.807, 2.05) is 13.0 Å². The Morgan fingerprint density at radius 3 is 2.62 bits per heavy atom. The van der Waals surface area contributed by atoms with E-state index < -0.39 is 23.5 Å². The van der Waals surface area contributed by atoms with Gasteiger partial charge in [0.15, 0.2) is 6.10 Å². The lowest BCUT2D eigenvalue weighted by Crippen LogP contribution is -2.51. The number of nitrogens with zero attached hydrogens (tertiary/aromatic N) is 1. The van der Waals surface area contributed by atoms with Crippen molar-refractivity contribution in [2.24, 2.45) is 0 Å². The summed E-state index contributed by atoms with van der Waals surface area (Å²) in [5, 5.41) is 11.5. The highest BCUT2D eigenvalue weighted by molar-refractivity contribution is 6.00. The van der Waals surface area contributed by atoms with Crippen LogP contribution < -0.4 is 15.0 Å². The summed E-state index contributed by atoms with van der Waals surface area (Å²) in [7, 11) is 0. The van der Waals surface area contributed by atoms with Gasteiger partial charge in [-0.3, -0.25) is 9.59 Å². The molecule has 2 rings (SSSR count). The summed E-state index contributed by atoms with van der Waals surface area (Å²) in [5.41, 5.74) is -0.729. The summed E-state index contributed by atoms with van der Waals surface area (Å²) < 4.78 is 5.67. The number of nitrogens with one attached hydrogen (secondary N) is 1. The minimum Gasteiger partial charge on any atom is -0.480 e. The van der Waals surface area contributed by atoms with E-state index >= 15 is 0 Å². The van der Waals surface area contributed by atoms with Crippen LogP contribution >= 0.6 is 0 Å². The first-order valence-corrected chi connectivity index (χ1v) is 7.87. The van der Waals surface area contributed by atoms with Crippen LogP contribution in [-0.2, 0) is 14.4 Å². The Hall–Kier alpha value is -2.57. The largest absolute Gasteiger partial charge is 0.480 e. The van der Waals surface area contributed by atoms with Gasteiger partial charge in [-0.25, -0.2) is 4.79 Å². The second-order valence-electron chi connectivity index (χ2n) is 6.20. The van der Waals surface area contributed by atoms with Crippen LogP contribution in [0.15, 0.2) is 24.3 Å². The number of carbonyl (C=O) groups excluding carboxylic acids is 2. The maximum Gasteiger partial charge on any atom is 0.328 e. The lowest BCUT2D eigenvalue weighted by atomic mass is 10.1. The molecule has 1 unspecified atom stereocenters. The molecule has 0 bridgehead atoms. The number of carboxylic acids is 1. The molecule has 1 aliphatic heterocycles. The Morgan fingerprint density at radius 2 is 2.00 bits per heavy atom. The molecule has 0 aromatic heterocycles. The van der Waals surface area contributed by atoms with Crippen molar-refractivity contribution in [2.45, 2.75) is 45.3 Å². The number of ether oxygens (including phenoxy) is 1. The Bertz CT molecular complexity index is 656. The number of carboxylic acid groups (broad SMARTS) is 1. The second kappa shape index (κ2) is 6.90. The molecule has 0 saturated heterocycles. The van der Waals surface area contributed by atoms with Crippen LogP contribution in [0.3, 0.4) is 0 Å². The molecule has 7 nitrogen and oxygen atoms in total. The fourth-order valence-corrected chi connectivity index (χ4v) is 2.44. The number of hydrogen-bond donors (Lipinski definition) is 2. The number of carbonyl (C=O) groups is 3. The van der Waals surface area contributed by atoms with E-state index in [0.29, 0.717) is 17.9 Å². The van der Waals surface area contributed by atoms with Gasteiger partial charge in [-0.2, -0.15) is 0 Å². The molecule has 2 amide bonds. The van der Waals surface area contributed by atoms with E-state index in [2.05, 4.69) is 5.32 Å². The molecule has 0 aliphatic carbocycles. The zero-order valence-corrected chi connectivity index (χ0v) is 14.0. The molecule has 0 spiro atoms. The third-order valence-electron chi connectivity index (χ3n) is 3.89. The Kier molecular flexibility index (Phi) is 5.11. The average molecular weight is 334 g/mol. The van der Waals surface area contributed by atoms with Gasteiger partial charge in [0, 0.05) is 13.0 Å². The highest BCUT2D eigenvalue weighted by Gasteiger charge is 2.34. The van der Waals surface area contributed by atoms with E-state index in [9.17, 15) is 14.4 Å². The standard InChI is InChI=1S/C17H22N2O5/c1-4-12-15(21)19(11-7-5-6-8-13(11)24-12)10-9-14(20)18-17(2,3)16(22)23/h5-8,12H,4,9-10H2,1-3H3,(H,18,20)(H,22,23). The van der Waals surface area contributed by atoms with Crippen LogP contribution in [0.25, 0.3) is 0 Å². The molecule has 0 radical (unpaired) electrons. The topological polar surface area (TPSA) is 95.9 Å². The minimum atomic E-state index is -1.35. The molecule has 0 fully saturated rings. The maximum atomic E-state index is 12.5. The number of para-hydroxylation sites is 2. The van der Waals surface area contributed by atoms with Crippen molar-refractivity contribution >= 4 is 23.5 Å². The van der Waals surface area contributed by atoms with Crippen LogP contribution in [0.5, 0.6) is 5.75 Å². The van der Waals surface area contributed by atoms with Crippen LogP contribution in [0.2, 0.25) is 0 Å². The molecular weight excluding hydrogens is 312 g/mol. The van der Waals surface area contributed by atoms with Gasteiger partial charge in [0.25, 0.3) is 5.91 Å². The third-order valence-corrected chi connectivity index (χ3v) is 3.89. The number of anilines is 1. The smallest absolute Gasteiger partial charge is 0.328 e. The van der Waals surface area contributed by atoms with Gasteiger partial charge < -0.3 is 20.1 Å². The lowest BCUT2D eigenvalue weighted by Gasteiger charge is -2.34. The predicted octanol–water partition coefficient (Wildman–Crippen LogP) is 1.56. The molecule has 0 saturated carbocycles. The van der Waals surface area contributed by atoms with Crippen molar-refractivity contribution in [1.29, 1.82) is 0 Å². The van der Waals surface area contributed by atoms with Crippen molar-refractivity contribution in [1.82, 2.24) is 5.32 Å². The minimum absolute atomic E-state index is 0.00716. The first kappa shape index (κ1) is 17.8. The Morgan fingerprint density at radius 1 is 1.33 bits per heavy atom. The average Bonchev–Trinajstić information content (AvgIpc) is 2.52. The molecule has 1 heterocycles. The zero-order valence-electron chi connectivity index (χ0n) is 14.0. The number of rotatable bonds is 6. The first-order chi connectivity index (χ1) is 11.3. The highest BCUT2D eigenvalue weighted by Crippen LogP contribution is 2.34. The fourth-order valence-electron chi connectivity index (χ4n) is 2.44. The second-order valence-corrected chi connectivity index (χ2v) is 6.20. The summed E-state index contributed by atoms with van der Waals surface area (Å²) in [5.74, 6) is -1.13. The van der Waals surface area contributed by atoms with Crippen molar-refractivity contribution in [3.8, 4) is 5.75 Å². The molecule has 1 aromatic carbocycles. The molecule has 24 heavy (non-hydrogen) atoms. The molecule has 130 valence electrons. The number of amides is 2. The fraction of sp³-hybridized carbons (Fsp3) is 0.471. The Balaban J connectivity index is 2.09. The Labute approximate surface area is 140 Å². The summed E-state index contributed by atoms with van der Waals surface area (Å²) >= 11 is 0. The predicted molar refractivity (Wildman–Crippen MR) is 88.0 cm³/mol. The molecule has 1 aromatic rings. The quantitative estimate of drug-likeness (QED) is 0.823. The van der Waals surface area contributed by atoms with E-state index in [4.69, 9.17) is 9.84 Å². The van der Waals surface area contributed by atoms with E-state index in [1.165, 1.54) is 18.7 Å². The van der Waals surface area contributed by atoms with Crippen molar-refractivity contribution in [2.75, 3.05) is 11.4 Å². The van der Waals surface area contributed by atoms with Gasteiger partial charge in [0.2, 0.25) is 5.91 Å². The molecule has 1 atom stereocenters. The van der Waals surface area contributed by atoms with Crippen LogP contribution in [0, 0.1) is 0 Å². The monoisotopic (exact) mass is 334 g/mol. The van der Waals surface area contributed by atoms with E-state index in [0.717, 1.165) is 0 Å². The van der Waals surface area contributed by atoms with E-state index in [-0.39, 0.29) is 18.9 Å². The lowest BCUT2D eigenvalue weighted by molar-refractivity contribution is -0.146. The first-order valence-electron chi connectivity index (χ1n) is 7.87. The van der Waals surface area contributed by atoms with Gasteiger partial charge in [-0.05, 0) is 32.4 Å². The van der Waals surface area contributed by atoms with Crippen molar-refractivity contribution in [3.63, 3.8) is 0 Å². The number of aliphatic carboxylic acids is 1. The molecule has 1 aliphatic rings. The van der Waals surface area contributed by atoms with E-state index in [1.54, 1.807) is 18.2 Å². The summed E-state index contributed by atoms with van der Waals surface area (Å²) in [4.78, 5) is 37.1. The van der Waals surface area contributed by atoms with Gasteiger partial charge in [0.05, 0.1) is 5.69 Å². The summed E-state index contributed by atoms with van der Waals surface area (Å²) in [6.45, 7) is 4.85. The van der Waals surface area contributed by atoms with Crippen LogP contribution in [0.4, 0.5) is 5.69 Å². The van der Waals surface area contributed by atoms with Gasteiger partial charge >= 0.3 is 5.97 Å². The SMILES string of the molecule is CCC1Oc2ccccc2N(CCC(=O)NC(C)(C)C(=O)O)C1=O. The van der Waals surface area contributed by atoms with Crippen LogP contribution in [0.1, 0.15) is 33.6 Å². The van der Waals surface area contributed by atoms with Crippen molar-refractivity contribution < 1.29 is 24.2 Å². The maximum absolute atomic E-state index is 12.5. The molecule has 2 N–H and O–H groups in total. The number of fused-ring (bicyclic) bond motifs is 1. The normalized spacial score (nSPS) is 17.0. The number of benzene rings is 1. The summed E-state index contributed by atoms with van der Waals surface area (Å²) in [6, 6.07) is 7.16. The third kappa shape index (κ3) is 3.67. The van der Waals surface area contributed by atoms with Gasteiger partial charge in [-0.1, -0.05) is 19.1 Å². The van der Waals surface area contributed by atoms with Crippen LogP contribution in [-0.4, -0.2) is 41.1 Å². The van der Waals surface area contributed by atoms with Crippen molar-refractivity contribution in [3.05, 3.63) is 24.3 Å². The highest BCUT2D eigenvalue weighted by atomic mass is 16.5. The molecular formula is C17H22N2O5.